The molecule has 6 atom stereocenters. The third-order valence-corrected chi connectivity index (χ3v) is 5.37. The van der Waals surface area contributed by atoms with E-state index in [-0.39, 0.29) is 5.92 Å². The van der Waals surface area contributed by atoms with Crippen LogP contribution in [0, 0.1) is 5.92 Å². The predicted octanol–water partition coefficient (Wildman–Crippen LogP) is -2.08. The van der Waals surface area contributed by atoms with Gasteiger partial charge in [0.25, 0.3) is 0 Å². The fourth-order valence-corrected chi connectivity index (χ4v) is 3.31. The van der Waals surface area contributed by atoms with Crippen molar-refractivity contribution in [2.24, 2.45) is 11.7 Å². The van der Waals surface area contributed by atoms with Gasteiger partial charge in [0.2, 0.25) is 23.6 Å². The van der Waals surface area contributed by atoms with Gasteiger partial charge in [-0.1, -0.05) is 13.8 Å². The van der Waals surface area contributed by atoms with E-state index in [1.54, 1.807) is 13.8 Å². The summed E-state index contributed by atoms with van der Waals surface area (Å²) >= 11 is 0. The van der Waals surface area contributed by atoms with Crippen molar-refractivity contribution in [2.75, 3.05) is 6.54 Å². The zero-order valence-electron chi connectivity index (χ0n) is 19.1. The lowest BCUT2D eigenvalue weighted by Crippen LogP contribution is -2.59. The van der Waals surface area contributed by atoms with Crippen LogP contribution in [0.3, 0.4) is 0 Å². The van der Waals surface area contributed by atoms with Gasteiger partial charge < -0.3 is 36.8 Å². The third-order valence-electron chi connectivity index (χ3n) is 5.37. The highest BCUT2D eigenvalue weighted by atomic mass is 16.4. The molecule has 0 unspecified atom stereocenters. The number of hydrogen-bond donors (Lipinski definition) is 6. The summed E-state index contributed by atoms with van der Waals surface area (Å²) in [6, 6.07) is -5.14. The molecule has 1 fully saturated rings. The molecule has 12 nitrogen and oxygen atoms in total. The molecule has 0 aromatic rings. The van der Waals surface area contributed by atoms with Crippen LogP contribution in [-0.4, -0.2) is 87.6 Å². The topological polar surface area (TPSA) is 191 Å². The largest absolute Gasteiger partial charge is 0.480 e. The molecule has 0 aliphatic carbocycles. The van der Waals surface area contributed by atoms with Gasteiger partial charge in [-0.25, -0.2) is 4.79 Å². The van der Waals surface area contributed by atoms with Crippen molar-refractivity contribution in [1.29, 1.82) is 0 Å². The molecule has 1 saturated heterocycles. The minimum absolute atomic E-state index is 0.298. The summed E-state index contributed by atoms with van der Waals surface area (Å²) in [7, 11) is 0. The van der Waals surface area contributed by atoms with Gasteiger partial charge in [0.05, 0.1) is 6.10 Å². The smallest absolute Gasteiger partial charge is 0.326 e. The highest BCUT2D eigenvalue weighted by Gasteiger charge is 2.37. The minimum Gasteiger partial charge on any atom is -0.480 e. The van der Waals surface area contributed by atoms with Gasteiger partial charge in [0.1, 0.15) is 30.2 Å². The van der Waals surface area contributed by atoms with Crippen molar-refractivity contribution in [2.45, 2.75) is 83.8 Å². The van der Waals surface area contributed by atoms with Gasteiger partial charge in [-0.05, 0) is 39.5 Å². The number of rotatable bonds is 10. The van der Waals surface area contributed by atoms with Crippen LogP contribution in [0.4, 0.5) is 0 Å². The third kappa shape index (κ3) is 7.16. The number of likely N-dealkylation sites (tertiary alicyclic amines) is 1. The summed E-state index contributed by atoms with van der Waals surface area (Å²) in [5.74, 6) is -3.91. The first kappa shape index (κ1) is 27.3. The number of carbonyl (C=O) groups is 5. The fraction of sp³-hybridized carbons (Fsp3) is 0.750. The normalized spacial score (nSPS) is 20.6. The molecule has 7 N–H and O–H groups in total. The summed E-state index contributed by atoms with van der Waals surface area (Å²) in [5, 5.41) is 26.1. The van der Waals surface area contributed by atoms with E-state index >= 15 is 0 Å². The predicted molar refractivity (Wildman–Crippen MR) is 114 cm³/mol. The van der Waals surface area contributed by atoms with Crippen molar-refractivity contribution < 1.29 is 34.2 Å². The monoisotopic (exact) mass is 457 g/mol. The van der Waals surface area contributed by atoms with E-state index in [9.17, 15) is 34.2 Å². The maximum absolute atomic E-state index is 12.6. The van der Waals surface area contributed by atoms with Gasteiger partial charge in [0, 0.05) is 6.54 Å². The highest BCUT2D eigenvalue weighted by Crippen LogP contribution is 2.18. The average Bonchev–Trinajstić information content (AvgIpc) is 3.19. The Morgan fingerprint density at radius 2 is 1.47 bits per heavy atom. The molecule has 0 radical (unpaired) electrons. The van der Waals surface area contributed by atoms with Gasteiger partial charge >= 0.3 is 5.97 Å². The molecule has 0 spiro atoms. The van der Waals surface area contributed by atoms with Crippen molar-refractivity contribution in [3.8, 4) is 0 Å². The van der Waals surface area contributed by atoms with Gasteiger partial charge in [-0.2, -0.15) is 0 Å². The van der Waals surface area contributed by atoms with Gasteiger partial charge in [0.15, 0.2) is 0 Å². The van der Waals surface area contributed by atoms with E-state index in [1.165, 1.54) is 25.7 Å². The quantitative estimate of drug-likeness (QED) is 0.215. The molecule has 182 valence electrons. The zero-order chi connectivity index (χ0) is 24.7. The molecular weight excluding hydrogens is 422 g/mol. The molecule has 12 heteroatoms. The number of aliphatic hydroxyl groups is 1. The summed E-state index contributed by atoms with van der Waals surface area (Å²) in [4.78, 5) is 62.3. The maximum atomic E-state index is 12.6. The number of nitrogens with zero attached hydrogens (tertiary/aromatic N) is 1. The molecule has 1 aliphatic heterocycles. The first-order chi connectivity index (χ1) is 14.8. The second kappa shape index (κ2) is 11.8. The number of carboxylic acids is 1. The molecule has 4 amide bonds. The van der Waals surface area contributed by atoms with Gasteiger partial charge in [-0.15, -0.1) is 0 Å². The van der Waals surface area contributed by atoms with Crippen LogP contribution in [0.5, 0.6) is 0 Å². The maximum Gasteiger partial charge on any atom is 0.326 e. The summed E-state index contributed by atoms with van der Waals surface area (Å²) in [5.41, 5.74) is 5.59. The van der Waals surface area contributed by atoms with E-state index in [4.69, 9.17) is 5.73 Å². The second-order valence-electron chi connectivity index (χ2n) is 8.49. The van der Waals surface area contributed by atoms with Crippen LogP contribution in [0.15, 0.2) is 0 Å². The second-order valence-corrected chi connectivity index (χ2v) is 8.49. The Balaban J connectivity index is 2.70. The molecule has 0 bridgehead atoms. The Labute approximate surface area is 187 Å². The van der Waals surface area contributed by atoms with Crippen LogP contribution in [0.1, 0.15) is 47.5 Å². The summed E-state index contributed by atoms with van der Waals surface area (Å²) in [6.45, 7) is 7.90. The number of aliphatic hydroxyl groups excluding tert-OH is 1. The standard InChI is InChI=1S/C20H35N5O7/c1-9(2)15(24-17(28)14(21)12(5)26)18(29)22-10(3)16(27)23-11(4)19(30)25-8-6-7-13(25)20(31)32/h9-15,26H,6-8,21H2,1-5H3,(H,22,29)(H,23,27)(H,24,28)(H,31,32)/t10-,11-,12+,13-,14-,15-/m0/s1. The first-order valence-electron chi connectivity index (χ1n) is 10.7. The van der Waals surface area contributed by atoms with Crippen LogP contribution in [0.25, 0.3) is 0 Å². The Kier molecular flexibility index (Phi) is 10.0. The number of amides is 4. The number of aliphatic carboxylic acids is 1. The van der Waals surface area contributed by atoms with Crippen LogP contribution >= 0.6 is 0 Å². The molecule has 1 heterocycles. The molecule has 0 aromatic carbocycles. The van der Waals surface area contributed by atoms with E-state index in [2.05, 4.69) is 16.0 Å². The van der Waals surface area contributed by atoms with E-state index in [0.717, 1.165) is 0 Å². The SMILES string of the molecule is CC(C)[C@H](NC(=O)[C@@H](N)[C@@H](C)O)C(=O)N[C@@H](C)C(=O)N[C@@H](C)C(=O)N1CCC[C@H]1C(=O)O. The summed E-state index contributed by atoms with van der Waals surface area (Å²) < 4.78 is 0. The Morgan fingerprint density at radius 1 is 0.906 bits per heavy atom. The molecular formula is C20H35N5O7. The lowest BCUT2D eigenvalue weighted by molar-refractivity contribution is -0.149. The Bertz CT molecular complexity index is 727. The van der Waals surface area contributed by atoms with E-state index in [0.29, 0.717) is 19.4 Å². The highest BCUT2D eigenvalue weighted by molar-refractivity contribution is 5.95. The Hall–Kier alpha value is -2.73. The van der Waals surface area contributed by atoms with E-state index in [1.807, 2.05) is 0 Å². The first-order valence-corrected chi connectivity index (χ1v) is 10.7. The average molecular weight is 458 g/mol. The van der Waals surface area contributed by atoms with Crippen molar-refractivity contribution in [3.05, 3.63) is 0 Å². The number of nitrogens with two attached hydrogens (primary N) is 1. The van der Waals surface area contributed by atoms with Crippen LogP contribution in [-0.2, 0) is 24.0 Å². The summed E-state index contributed by atoms with van der Waals surface area (Å²) in [6.07, 6.45) is -0.183. The van der Waals surface area contributed by atoms with E-state index < -0.39 is 65.9 Å². The number of nitrogens with one attached hydrogen (secondary N) is 3. The van der Waals surface area contributed by atoms with Crippen molar-refractivity contribution in [1.82, 2.24) is 20.9 Å². The van der Waals surface area contributed by atoms with Gasteiger partial charge in [-0.3, -0.25) is 19.2 Å². The lowest BCUT2D eigenvalue weighted by atomic mass is 10.0. The number of carbonyl (C=O) groups excluding carboxylic acids is 4. The van der Waals surface area contributed by atoms with Crippen molar-refractivity contribution in [3.63, 3.8) is 0 Å². The Morgan fingerprint density at radius 3 is 1.97 bits per heavy atom. The molecule has 0 aromatic heterocycles. The number of carboxylic acid groups (broad SMARTS) is 1. The molecule has 1 rings (SSSR count). The zero-order valence-corrected chi connectivity index (χ0v) is 19.1. The molecule has 1 aliphatic rings. The molecule has 0 saturated carbocycles. The van der Waals surface area contributed by atoms with Crippen LogP contribution < -0.4 is 21.7 Å². The number of hydrogen-bond acceptors (Lipinski definition) is 7. The minimum atomic E-state index is -1.21. The van der Waals surface area contributed by atoms with Crippen LogP contribution in [0.2, 0.25) is 0 Å². The van der Waals surface area contributed by atoms with Crippen molar-refractivity contribution >= 4 is 29.6 Å². The fourth-order valence-electron chi connectivity index (χ4n) is 3.31. The lowest BCUT2D eigenvalue weighted by Gasteiger charge is -2.27. The molecule has 32 heavy (non-hydrogen) atoms.